The Morgan fingerprint density at radius 3 is 2.82 bits per heavy atom. The molecule has 0 amide bonds. The predicted octanol–water partition coefficient (Wildman–Crippen LogP) is 3.58. The number of aromatic nitrogens is 1. The summed E-state index contributed by atoms with van der Waals surface area (Å²) < 4.78 is 0. The summed E-state index contributed by atoms with van der Waals surface area (Å²) in [5.41, 5.74) is 10.4. The number of thiazole rings is 1. The molecule has 1 aromatic heterocycles. The average molecular weight is 244 g/mol. The number of anilines is 1. The van der Waals surface area contributed by atoms with Crippen molar-refractivity contribution in [3.8, 4) is 10.6 Å². The molecule has 3 rings (SSSR count). The Morgan fingerprint density at radius 2 is 2.06 bits per heavy atom. The summed E-state index contributed by atoms with van der Waals surface area (Å²) in [4.78, 5) is 6.23. The molecule has 0 aliphatic heterocycles. The Kier molecular flexibility index (Phi) is 2.63. The van der Waals surface area contributed by atoms with E-state index in [1.165, 1.54) is 29.8 Å². The fraction of sp³-hybridized carbons (Fsp3) is 0.357. The molecule has 0 saturated heterocycles. The lowest BCUT2D eigenvalue weighted by Gasteiger charge is -2.06. The third-order valence-electron chi connectivity index (χ3n) is 3.37. The molecule has 0 atom stereocenters. The van der Waals surface area contributed by atoms with E-state index in [2.05, 4.69) is 12.1 Å². The molecule has 1 aromatic carbocycles. The first-order chi connectivity index (χ1) is 8.24. The highest BCUT2D eigenvalue weighted by Gasteiger charge is 2.16. The van der Waals surface area contributed by atoms with Crippen molar-refractivity contribution in [2.75, 3.05) is 5.73 Å². The second-order valence-corrected chi connectivity index (χ2v) is 5.75. The predicted molar refractivity (Wildman–Crippen MR) is 73.3 cm³/mol. The lowest BCUT2D eigenvalue weighted by molar-refractivity contribution is 0.682. The van der Waals surface area contributed by atoms with Gasteiger partial charge >= 0.3 is 0 Å². The largest absolute Gasteiger partial charge is 0.398 e. The molecule has 88 valence electrons. The van der Waals surface area contributed by atoms with Gasteiger partial charge in [0.05, 0.1) is 5.69 Å². The van der Waals surface area contributed by atoms with Gasteiger partial charge in [-0.15, -0.1) is 11.3 Å². The number of hydrogen-bond donors (Lipinski definition) is 1. The molecule has 2 aromatic rings. The van der Waals surface area contributed by atoms with E-state index in [0.717, 1.165) is 28.2 Å². The summed E-state index contributed by atoms with van der Waals surface area (Å²) in [5, 5.41) is 1.13. The van der Waals surface area contributed by atoms with Gasteiger partial charge in [0.25, 0.3) is 0 Å². The van der Waals surface area contributed by atoms with Crippen LogP contribution in [-0.4, -0.2) is 4.98 Å². The molecular weight excluding hydrogens is 228 g/mol. The molecule has 0 radical (unpaired) electrons. The van der Waals surface area contributed by atoms with Gasteiger partial charge in [-0.25, -0.2) is 4.98 Å². The van der Waals surface area contributed by atoms with Gasteiger partial charge in [0.2, 0.25) is 0 Å². The van der Waals surface area contributed by atoms with Crippen LogP contribution < -0.4 is 5.73 Å². The number of nitrogen functional groups attached to an aromatic ring is 1. The number of fused-ring (bicyclic) bond motifs is 1. The van der Waals surface area contributed by atoms with E-state index >= 15 is 0 Å². The Labute approximate surface area is 106 Å². The molecule has 1 aliphatic rings. The van der Waals surface area contributed by atoms with E-state index in [1.807, 2.05) is 24.3 Å². The maximum Gasteiger partial charge on any atom is 0.123 e. The van der Waals surface area contributed by atoms with Crippen molar-refractivity contribution in [1.29, 1.82) is 0 Å². The van der Waals surface area contributed by atoms with Gasteiger partial charge < -0.3 is 5.73 Å². The third-order valence-corrected chi connectivity index (χ3v) is 4.58. The van der Waals surface area contributed by atoms with E-state index < -0.39 is 0 Å². The van der Waals surface area contributed by atoms with Crippen LogP contribution in [-0.2, 0) is 12.8 Å². The lowest BCUT2D eigenvalue weighted by Crippen LogP contribution is -1.98. The number of rotatable bonds is 1. The summed E-state index contributed by atoms with van der Waals surface area (Å²) in [6, 6.07) is 6.24. The van der Waals surface area contributed by atoms with Crippen molar-refractivity contribution < 1.29 is 0 Å². The van der Waals surface area contributed by atoms with Crippen LogP contribution in [0.4, 0.5) is 5.69 Å². The van der Waals surface area contributed by atoms with Crippen LogP contribution in [0.15, 0.2) is 18.2 Å². The first-order valence-electron chi connectivity index (χ1n) is 6.09. The molecular formula is C14H16N2S. The molecule has 17 heavy (non-hydrogen) atoms. The number of benzene rings is 1. The Morgan fingerprint density at radius 1 is 1.24 bits per heavy atom. The van der Waals surface area contributed by atoms with E-state index in [9.17, 15) is 0 Å². The van der Waals surface area contributed by atoms with Crippen LogP contribution in [0.2, 0.25) is 0 Å². The number of nitrogens with two attached hydrogens (primary N) is 1. The lowest BCUT2D eigenvalue weighted by atomic mass is 10.0. The van der Waals surface area contributed by atoms with Crippen LogP contribution in [0.5, 0.6) is 0 Å². The van der Waals surface area contributed by atoms with Crippen molar-refractivity contribution in [3.63, 3.8) is 0 Å². The maximum absolute atomic E-state index is 5.96. The Bertz CT molecular complexity index is 534. The van der Waals surface area contributed by atoms with Crippen molar-refractivity contribution >= 4 is 17.0 Å². The van der Waals surface area contributed by atoms with E-state index in [0.29, 0.717) is 0 Å². The second-order valence-electron chi connectivity index (χ2n) is 4.67. The minimum absolute atomic E-state index is 0.857. The van der Waals surface area contributed by atoms with Crippen molar-refractivity contribution in [2.24, 2.45) is 0 Å². The smallest absolute Gasteiger partial charge is 0.123 e. The zero-order chi connectivity index (χ0) is 11.8. The number of nitrogens with zero attached hydrogens (tertiary/aromatic N) is 1. The Balaban J connectivity index is 2.03. The zero-order valence-corrected chi connectivity index (χ0v) is 10.8. The maximum atomic E-state index is 5.96. The minimum Gasteiger partial charge on any atom is -0.398 e. The highest BCUT2D eigenvalue weighted by molar-refractivity contribution is 7.15. The number of hydrogen-bond acceptors (Lipinski definition) is 3. The molecule has 0 spiro atoms. The van der Waals surface area contributed by atoms with Crippen molar-refractivity contribution in [3.05, 3.63) is 34.3 Å². The number of aryl methyl sites for hydroxylation is 3. The molecule has 1 heterocycles. The third kappa shape index (κ3) is 1.95. The van der Waals surface area contributed by atoms with Gasteiger partial charge in [0, 0.05) is 16.1 Å². The summed E-state index contributed by atoms with van der Waals surface area (Å²) in [6.07, 6.45) is 4.94. The van der Waals surface area contributed by atoms with Crippen LogP contribution in [0.3, 0.4) is 0 Å². The zero-order valence-electron chi connectivity index (χ0n) is 9.99. The van der Waals surface area contributed by atoms with Gasteiger partial charge in [0.15, 0.2) is 0 Å². The molecule has 0 saturated carbocycles. The summed E-state index contributed by atoms with van der Waals surface area (Å²) >= 11 is 1.84. The van der Waals surface area contributed by atoms with Gasteiger partial charge in [0.1, 0.15) is 5.01 Å². The van der Waals surface area contributed by atoms with E-state index in [1.54, 1.807) is 0 Å². The first-order valence-corrected chi connectivity index (χ1v) is 6.91. The van der Waals surface area contributed by atoms with Crippen LogP contribution in [0.1, 0.15) is 29.0 Å². The average Bonchev–Trinajstić information content (AvgIpc) is 2.76. The van der Waals surface area contributed by atoms with Gasteiger partial charge in [-0.2, -0.15) is 0 Å². The summed E-state index contributed by atoms with van der Waals surface area (Å²) in [5.74, 6) is 0. The monoisotopic (exact) mass is 244 g/mol. The standard InChI is InChI=1S/C14H16N2S/c1-9-6-7-10(8-11(9)15)14-16-12-4-2-3-5-13(12)17-14/h6-8H,2-5,15H2,1H3. The topological polar surface area (TPSA) is 38.9 Å². The second kappa shape index (κ2) is 4.15. The molecule has 0 unspecified atom stereocenters. The highest BCUT2D eigenvalue weighted by Crippen LogP contribution is 2.33. The molecule has 3 heteroatoms. The Hall–Kier alpha value is -1.35. The van der Waals surface area contributed by atoms with E-state index in [4.69, 9.17) is 10.7 Å². The van der Waals surface area contributed by atoms with Crippen LogP contribution in [0.25, 0.3) is 10.6 Å². The normalized spacial score (nSPS) is 14.6. The fourth-order valence-electron chi connectivity index (χ4n) is 2.25. The fourth-order valence-corrected chi connectivity index (χ4v) is 3.39. The molecule has 0 fully saturated rings. The minimum atomic E-state index is 0.857. The summed E-state index contributed by atoms with van der Waals surface area (Å²) in [6.45, 7) is 2.03. The van der Waals surface area contributed by atoms with E-state index in [-0.39, 0.29) is 0 Å². The quantitative estimate of drug-likeness (QED) is 0.779. The van der Waals surface area contributed by atoms with Crippen LogP contribution in [0, 0.1) is 6.92 Å². The SMILES string of the molecule is Cc1ccc(-c2nc3c(s2)CCCC3)cc1N. The van der Waals surface area contributed by atoms with Crippen molar-refractivity contribution in [2.45, 2.75) is 32.6 Å². The first kappa shape index (κ1) is 10.8. The van der Waals surface area contributed by atoms with Crippen LogP contribution >= 0.6 is 11.3 Å². The van der Waals surface area contributed by atoms with Gasteiger partial charge in [-0.3, -0.25) is 0 Å². The molecule has 2 N–H and O–H groups in total. The molecule has 1 aliphatic carbocycles. The molecule has 2 nitrogen and oxygen atoms in total. The van der Waals surface area contributed by atoms with Crippen molar-refractivity contribution in [1.82, 2.24) is 4.98 Å². The van der Waals surface area contributed by atoms with Gasteiger partial charge in [-0.05, 0) is 44.2 Å². The molecule has 0 bridgehead atoms. The highest BCUT2D eigenvalue weighted by atomic mass is 32.1. The van der Waals surface area contributed by atoms with Gasteiger partial charge in [-0.1, -0.05) is 12.1 Å². The summed E-state index contributed by atoms with van der Waals surface area (Å²) in [7, 11) is 0.